The summed E-state index contributed by atoms with van der Waals surface area (Å²) in [5.74, 6) is 0.154. The fraction of sp³-hybridized carbons (Fsp3) is 0. The van der Waals surface area contributed by atoms with Gasteiger partial charge in [-0.15, -0.1) is 0 Å². The molecule has 0 aliphatic carbocycles. The molecule has 94 valence electrons. The molecule has 2 aromatic carbocycles. The maximum Gasteiger partial charge on any atom is 0.266 e. The van der Waals surface area contributed by atoms with Gasteiger partial charge in [0.1, 0.15) is 11.5 Å². The van der Waals surface area contributed by atoms with Gasteiger partial charge in [-0.2, -0.15) is 0 Å². The van der Waals surface area contributed by atoms with Crippen LogP contribution in [-0.2, 0) is 11.3 Å². The van der Waals surface area contributed by atoms with Crippen LogP contribution in [0.1, 0.15) is 0 Å². The van der Waals surface area contributed by atoms with Gasteiger partial charge >= 0.3 is 0 Å². The second kappa shape index (κ2) is 5.07. The van der Waals surface area contributed by atoms with Crippen LogP contribution >= 0.6 is 0 Å². The van der Waals surface area contributed by atoms with Gasteiger partial charge in [-0.1, -0.05) is 0 Å². The van der Waals surface area contributed by atoms with Crippen molar-refractivity contribution in [1.82, 2.24) is 0 Å². The van der Waals surface area contributed by atoms with Crippen LogP contribution in [0.2, 0.25) is 0 Å². The number of rotatable bonds is 3. The Morgan fingerprint density at radius 1 is 0.778 bits per heavy atom. The van der Waals surface area contributed by atoms with Gasteiger partial charge in [0.25, 0.3) is 11.3 Å². The fourth-order valence-electron chi connectivity index (χ4n) is 1.51. The van der Waals surface area contributed by atoms with Crippen LogP contribution in [0.15, 0.2) is 48.5 Å². The standard InChI is InChI=1S/C12H11NO4S/c14-11-5-1-9(2-6-11)13(18(16)17)10-3-7-12(15)8-4-10/h1-8,14-15H,(H,16,17). The molecule has 0 spiro atoms. The lowest BCUT2D eigenvalue weighted by atomic mass is 10.2. The molecule has 18 heavy (non-hydrogen) atoms. The van der Waals surface area contributed by atoms with Crippen molar-refractivity contribution in [2.24, 2.45) is 0 Å². The number of anilines is 2. The molecule has 6 heteroatoms. The van der Waals surface area contributed by atoms with Crippen molar-refractivity contribution in [3.05, 3.63) is 48.5 Å². The van der Waals surface area contributed by atoms with Crippen LogP contribution < -0.4 is 4.31 Å². The largest absolute Gasteiger partial charge is 0.508 e. The smallest absolute Gasteiger partial charge is 0.266 e. The van der Waals surface area contributed by atoms with Crippen LogP contribution in [0, 0.1) is 0 Å². The Morgan fingerprint density at radius 2 is 1.11 bits per heavy atom. The van der Waals surface area contributed by atoms with Crippen molar-refractivity contribution in [2.75, 3.05) is 4.31 Å². The van der Waals surface area contributed by atoms with Crippen molar-refractivity contribution in [3.63, 3.8) is 0 Å². The first-order chi connectivity index (χ1) is 8.58. The molecular weight excluding hydrogens is 254 g/mol. The Labute approximate surface area is 106 Å². The van der Waals surface area contributed by atoms with Gasteiger partial charge in [0.05, 0.1) is 11.4 Å². The second-order valence-electron chi connectivity index (χ2n) is 3.56. The van der Waals surface area contributed by atoms with Crippen LogP contribution in [0.25, 0.3) is 0 Å². The van der Waals surface area contributed by atoms with Crippen molar-refractivity contribution in [2.45, 2.75) is 0 Å². The van der Waals surface area contributed by atoms with Gasteiger partial charge in [-0.05, 0) is 48.5 Å². The van der Waals surface area contributed by atoms with Crippen molar-refractivity contribution in [1.29, 1.82) is 0 Å². The molecule has 0 radical (unpaired) electrons. The predicted molar refractivity (Wildman–Crippen MR) is 69.1 cm³/mol. The van der Waals surface area contributed by atoms with Gasteiger partial charge in [0.15, 0.2) is 0 Å². The van der Waals surface area contributed by atoms with Crippen LogP contribution in [0.5, 0.6) is 11.5 Å². The highest BCUT2D eigenvalue weighted by molar-refractivity contribution is 7.81. The number of phenols is 2. The van der Waals surface area contributed by atoms with E-state index in [9.17, 15) is 19.0 Å². The van der Waals surface area contributed by atoms with Crippen molar-refractivity contribution in [3.8, 4) is 11.5 Å². The van der Waals surface area contributed by atoms with Gasteiger partial charge in [-0.25, -0.2) is 8.51 Å². The molecule has 2 aromatic rings. The van der Waals surface area contributed by atoms with E-state index in [1.54, 1.807) is 0 Å². The molecule has 0 saturated heterocycles. The van der Waals surface area contributed by atoms with E-state index in [0.717, 1.165) is 0 Å². The van der Waals surface area contributed by atoms with Gasteiger partial charge in [0.2, 0.25) is 0 Å². The lowest BCUT2D eigenvalue weighted by molar-refractivity contribution is 0.475. The summed E-state index contributed by atoms with van der Waals surface area (Å²) < 4.78 is 21.9. The Kier molecular flexibility index (Phi) is 3.50. The third kappa shape index (κ3) is 2.61. The summed E-state index contributed by atoms with van der Waals surface area (Å²) in [5, 5.41) is 18.4. The Morgan fingerprint density at radius 3 is 1.39 bits per heavy atom. The first kappa shape index (κ1) is 12.4. The number of phenolic OH excluding ortho intramolecular Hbond substituents is 2. The molecule has 5 nitrogen and oxygen atoms in total. The van der Waals surface area contributed by atoms with Crippen LogP contribution in [0.3, 0.4) is 0 Å². The first-order valence-corrected chi connectivity index (χ1v) is 6.13. The van der Waals surface area contributed by atoms with E-state index in [-0.39, 0.29) is 11.5 Å². The van der Waals surface area contributed by atoms with E-state index >= 15 is 0 Å². The SMILES string of the molecule is O=S(O)N(c1ccc(O)cc1)c1ccc(O)cc1. The van der Waals surface area contributed by atoms with E-state index in [4.69, 9.17) is 0 Å². The predicted octanol–water partition coefficient (Wildman–Crippen LogP) is 2.37. The zero-order chi connectivity index (χ0) is 13.1. The van der Waals surface area contributed by atoms with E-state index in [1.807, 2.05) is 0 Å². The van der Waals surface area contributed by atoms with Crippen LogP contribution in [-0.4, -0.2) is 19.0 Å². The molecule has 1 unspecified atom stereocenters. The summed E-state index contributed by atoms with van der Waals surface area (Å²) >= 11 is -2.25. The number of aromatic hydroxyl groups is 2. The van der Waals surface area contributed by atoms with Crippen LogP contribution in [0.4, 0.5) is 11.4 Å². The molecule has 2 rings (SSSR count). The molecule has 0 heterocycles. The second-order valence-corrected chi connectivity index (χ2v) is 4.38. The van der Waals surface area contributed by atoms with E-state index < -0.39 is 11.3 Å². The average molecular weight is 265 g/mol. The maximum absolute atomic E-state index is 11.4. The van der Waals surface area contributed by atoms with Gasteiger partial charge in [-0.3, -0.25) is 4.55 Å². The molecule has 0 aromatic heterocycles. The first-order valence-electron chi connectivity index (χ1n) is 5.07. The quantitative estimate of drug-likeness (QED) is 0.744. The van der Waals surface area contributed by atoms with E-state index in [0.29, 0.717) is 11.4 Å². The van der Waals surface area contributed by atoms with E-state index in [1.165, 1.54) is 52.8 Å². The number of nitrogens with zero attached hydrogens (tertiary/aromatic N) is 1. The average Bonchev–Trinajstić information content (AvgIpc) is 2.34. The minimum atomic E-state index is -2.25. The molecule has 0 amide bonds. The fourth-order valence-corrected chi connectivity index (χ4v) is 2.11. The molecule has 0 aliphatic heterocycles. The highest BCUT2D eigenvalue weighted by Crippen LogP contribution is 2.29. The van der Waals surface area contributed by atoms with Crippen molar-refractivity contribution < 1.29 is 19.0 Å². The van der Waals surface area contributed by atoms with Crippen molar-refractivity contribution >= 4 is 22.6 Å². The molecule has 0 bridgehead atoms. The summed E-state index contributed by atoms with van der Waals surface area (Å²) in [6.45, 7) is 0. The minimum Gasteiger partial charge on any atom is -0.508 e. The summed E-state index contributed by atoms with van der Waals surface area (Å²) in [6, 6.07) is 11.8. The number of hydrogen-bond donors (Lipinski definition) is 3. The van der Waals surface area contributed by atoms with Gasteiger partial charge in [0, 0.05) is 0 Å². The molecule has 3 N–H and O–H groups in total. The van der Waals surface area contributed by atoms with Gasteiger partial charge < -0.3 is 10.2 Å². The minimum absolute atomic E-state index is 0.0770. The number of benzene rings is 2. The zero-order valence-electron chi connectivity index (χ0n) is 9.22. The monoisotopic (exact) mass is 265 g/mol. The summed E-state index contributed by atoms with van der Waals surface area (Å²) in [6.07, 6.45) is 0. The summed E-state index contributed by atoms with van der Waals surface area (Å²) in [7, 11) is 0. The molecule has 0 saturated carbocycles. The third-order valence-electron chi connectivity index (χ3n) is 2.32. The highest BCUT2D eigenvalue weighted by Gasteiger charge is 2.14. The molecule has 1 atom stereocenters. The highest BCUT2D eigenvalue weighted by atomic mass is 32.2. The number of hydrogen-bond acceptors (Lipinski definition) is 3. The summed E-state index contributed by atoms with van der Waals surface area (Å²) in [5.41, 5.74) is 0.915. The zero-order valence-corrected chi connectivity index (χ0v) is 10.0. The molecule has 0 fully saturated rings. The Bertz CT molecular complexity index is 508. The maximum atomic E-state index is 11.4. The lowest BCUT2D eigenvalue weighted by Gasteiger charge is -2.20. The molecular formula is C12H11NO4S. The third-order valence-corrected chi connectivity index (χ3v) is 3.06. The van der Waals surface area contributed by atoms with E-state index in [2.05, 4.69) is 0 Å². The topological polar surface area (TPSA) is 81.0 Å². The normalized spacial score (nSPS) is 12.1. The molecule has 0 aliphatic rings. The summed E-state index contributed by atoms with van der Waals surface area (Å²) in [4.78, 5) is 0. The Balaban J connectivity index is 2.43. The Hall–Kier alpha value is -2.05. The lowest BCUT2D eigenvalue weighted by Crippen LogP contribution is -2.18.